The largest absolute Gasteiger partial charge is 0.350 e. The number of halogens is 1. The molecule has 0 saturated heterocycles. The Kier molecular flexibility index (Phi) is 5.03. The number of benzene rings is 2. The zero-order valence-electron chi connectivity index (χ0n) is 14.7. The van der Waals surface area contributed by atoms with Gasteiger partial charge in [-0.05, 0) is 47.2 Å². The molecule has 2 aromatic heterocycles. The van der Waals surface area contributed by atoms with Crippen molar-refractivity contribution in [2.45, 2.75) is 13.0 Å². The van der Waals surface area contributed by atoms with E-state index in [1.165, 1.54) is 12.1 Å². The van der Waals surface area contributed by atoms with Crippen molar-refractivity contribution >= 4 is 27.5 Å². The summed E-state index contributed by atoms with van der Waals surface area (Å²) >= 11 is 1.64. The van der Waals surface area contributed by atoms with Gasteiger partial charge < -0.3 is 9.88 Å². The van der Waals surface area contributed by atoms with Crippen LogP contribution in [0.15, 0.2) is 72.1 Å². The van der Waals surface area contributed by atoms with Crippen molar-refractivity contribution in [1.29, 1.82) is 0 Å². The van der Waals surface area contributed by atoms with Crippen molar-refractivity contribution in [3.63, 3.8) is 0 Å². The number of hydrogen-bond donors (Lipinski definition) is 1. The highest BCUT2D eigenvalue weighted by molar-refractivity contribution is 7.17. The molecule has 1 N–H and O–H groups in total. The number of fused-ring (bicyclic) bond motifs is 1. The number of amides is 1. The van der Waals surface area contributed by atoms with Crippen LogP contribution in [0.2, 0.25) is 0 Å². The monoisotopic (exact) mass is 378 g/mol. The van der Waals surface area contributed by atoms with Crippen molar-refractivity contribution in [3.05, 3.63) is 94.7 Å². The van der Waals surface area contributed by atoms with Crippen LogP contribution < -0.4 is 5.32 Å². The molecular weight excluding hydrogens is 359 g/mol. The number of nitrogens with one attached hydrogen (secondary N) is 1. The van der Waals surface area contributed by atoms with Crippen LogP contribution in [-0.2, 0) is 13.0 Å². The SMILES string of the molecule is O=C(NCCc1ccc(F)cc1)c1cc2sccc2n1Cc1ccccc1. The highest BCUT2D eigenvalue weighted by atomic mass is 32.1. The van der Waals surface area contributed by atoms with E-state index in [1.807, 2.05) is 29.6 Å². The van der Waals surface area contributed by atoms with Gasteiger partial charge in [-0.25, -0.2) is 4.39 Å². The van der Waals surface area contributed by atoms with Gasteiger partial charge in [-0.1, -0.05) is 42.5 Å². The quantitative estimate of drug-likeness (QED) is 0.511. The summed E-state index contributed by atoms with van der Waals surface area (Å²) in [5.74, 6) is -0.335. The standard InChI is InChI=1S/C22H19FN2OS/c23-18-8-6-16(7-9-18)10-12-24-22(26)20-14-21-19(11-13-27-21)25(20)15-17-4-2-1-3-5-17/h1-9,11,13-14H,10,12,15H2,(H,24,26). The maximum Gasteiger partial charge on any atom is 0.267 e. The summed E-state index contributed by atoms with van der Waals surface area (Å²) in [6, 6.07) is 20.5. The lowest BCUT2D eigenvalue weighted by atomic mass is 10.1. The lowest BCUT2D eigenvalue weighted by molar-refractivity contribution is 0.0946. The Balaban J connectivity index is 1.50. The van der Waals surface area contributed by atoms with Crippen molar-refractivity contribution in [1.82, 2.24) is 9.88 Å². The second-order valence-corrected chi connectivity index (χ2v) is 7.35. The van der Waals surface area contributed by atoms with E-state index in [9.17, 15) is 9.18 Å². The Bertz CT molecular complexity index is 1050. The van der Waals surface area contributed by atoms with Crippen LogP contribution in [0, 0.1) is 5.82 Å². The molecule has 4 aromatic rings. The first-order valence-corrected chi connectivity index (χ1v) is 9.72. The molecule has 136 valence electrons. The van der Waals surface area contributed by atoms with E-state index < -0.39 is 0 Å². The summed E-state index contributed by atoms with van der Waals surface area (Å²) in [5.41, 5.74) is 3.89. The maximum atomic E-state index is 13.0. The number of carbonyl (C=O) groups is 1. The number of rotatable bonds is 6. The Labute approximate surface area is 161 Å². The summed E-state index contributed by atoms with van der Waals surface area (Å²) in [5, 5.41) is 5.03. The third-order valence-corrected chi connectivity index (χ3v) is 5.40. The second kappa shape index (κ2) is 7.76. The first kappa shape index (κ1) is 17.5. The summed E-state index contributed by atoms with van der Waals surface area (Å²) in [6.45, 7) is 1.16. The molecule has 27 heavy (non-hydrogen) atoms. The van der Waals surface area contributed by atoms with E-state index in [0.29, 0.717) is 25.2 Å². The summed E-state index contributed by atoms with van der Waals surface area (Å²) < 4.78 is 16.2. The average Bonchev–Trinajstić information content (AvgIpc) is 3.27. The van der Waals surface area contributed by atoms with E-state index in [-0.39, 0.29) is 11.7 Å². The van der Waals surface area contributed by atoms with Crippen LogP contribution in [0.25, 0.3) is 10.2 Å². The van der Waals surface area contributed by atoms with Crippen molar-refractivity contribution in [2.24, 2.45) is 0 Å². The first-order chi connectivity index (χ1) is 13.2. The van der Waals surface area contributed by atoms with Crippen LogP contribution in [-0.4, -0.2) is 17.0 Å². The molecule has 3 nitrogen and oxygen atoms in total. The van der Waals surface area contributed by atoms with E-state index >= 15 is 0 Å². The fourth-order valence-corrected chi connectivity index (χ4v) is 3.99. The molecule has 0 radical (unpaired) electrons. The number of hydrogen-bond acceptors (Lipinski definition) is 2. The van der Waals surface area contributed by atoms with E-state index in [2.05, 4.69) is 28.1 Å². The minimum absolute atomic E-state index is 0.0866. The fraction of sp³-hybridized carbons (Fsp3) is 0.136. The molecule has 0 aliphatic rings. The van der Waals surface area contributed by atoms with Gasteiger partial charge in [0, 0.05) is 13.1 Å². The molecule has 0 spiro atoms. The third-order valence-electron chi connectivity index (χ3n) is 4.55. The van der Waals surface area contributed by atoms with E-state index in [0.717, 1.165) is 21.3 Å². The Morgan fingerprint density at radius 3 is 2.56 bits per heavy atom. The van der Waals surface area contributed by atoms with Gasteiger partial charge >= 0.3 is 0 Å². The predicted octanol–water partition coefficient (Wildman–Crippen LogP) is 4.86. The first-order valence-electron chi connectivity index (χ1n) is 8.84. The number of thiophene rings is 1. The Morgan fingerprint density at radius 1 is 1.00 bits per heavy atom. The summed E-state index contributed by atoms with van der Waals surface area (Å²) in [6.07, 6.45) is 0.666. The Hall–Kier alpha value is -2.92. The van der Waals surface area contributed by atoms with Gasteiger partial charge in [0.1, 0.15) is 11.5 Å². The van der Waals surface area contributed by atoms with Gasteiger partial charge in [-0.15, -0.1) is 11.3 Å². The minimum atomic E-state index is -0.249. The molecule has 5 heteroatoms. The zero-order chi connectivity index (χ0) is 18.6. The normalized spacial score (nSPS) is 11.0. The van der Waals surface area contributed by atoms with Crippen molar-refractivity contribution in [2.75, 3.05) is 6.54 Å². The number of nitrogens with zero attached hydrogens (tertiary/aromatic N) is 1. The van der Waals surface area contributed by atoms with Crippen molar-refractivity contribution in [3.8, 4) is 0 Å². The topological polar surface area (TPSA) is 34.0 Å². The molecule has 0 bridgehead atoms. The third kappa shape index (κ3) is 3.93. The smallest absolute Gasteiger partial charge is 0.267 e. The summed E-state index contributed by atoms with van der Waals surface area (Å²) in [7, 11) is 0. The molecule has 0 aliphatic carbocycles. The Morgan fingerprint density at radius 2 is 1.78 bits per heavy atom. The number of aromatic nitrogens is 1. The van der Waals surface area contributed by atoms with Crippen LogP contribution in [0.4, 0.5) is 4.39 Å². The van der Waals surface area contributed by atoms with Gasteiger partial charge in [0.05, 0.1) is 10.2 Å². The highest BCUT2D eigenvalue weighted by Gasteiger charge is 2.16. The van der Waals surface area contributed by atoms with Gasteiger partial charge in [-0.3, -0.25) is 4.79 Å². The van der Waals surface area contributed by atoms with Crippen LogP contribution in [0.3, 0.4) is 0 Å². The average molecular weight is 378 g/mol. The summed E-state index contributed by atoms with van der Waals surface area (Å²) in [4.78, 5) is 12.8. The molecule has 2 heterocycles. The van der Waals surface area contributed by atoms with Gasteiger partial charge in [0.15, 0.2) is 0 Å². The molecule has 2 aromatic carbocycles. The zero-order valence-corrected chi connectivity index (χ0v) is 15.5. The number of carbonyl (C=O) groups excluding carboxylic acids is 1. The molecule has 4 rings (SSSR count). The molecular formula is C22H19FN2OS. The molecule has 0 fully saturated rings. The van der Waals surface area contributed by atoms with Crippen LogP contribution in [0.1, 0.15) is 21.6 Å². The highest BCUT2D eigenvalue weighted by Crippen LogP contribution is 2.26. The van der Waals surface area contributed by atoms with E-state index in [1.54, 1.807) is 23.5 Å². The molecule has 0 atom stereocenters. The predicted molar refractivity (Wildman–Crippen MR) is 108 cm³/mol. The fourth-order valence-electron chi connectivity index (χ4n) is 3.16. The lowest BCUT2D eigenvalue weighted by Crippen LogP contribution is -2.28. The maximum absolute atomic E-state index is 13.0. The van der Waals surface area contributed by atoms with Gasteiger partial charge in [0.2, 0.25) is 0 Å². The molecule has 0 saturated carbocycles. The van der Waals surface area contributed by atoms with Crippen LogP contribution >= 0.6 is 11.3 Å². The van der Waals surface area contributed by atoms with Crippen molar-refractivity contribution < 1.29 is 9.18 Å². The molecule has 1 amide bonds. The molecule has 0 unspecified atom stereocenters. The minimum Gasteiger partial charge on any atom is -0.350 e. The second-order valence-electron chi connectivity index (χ2n) is 6.40. The van der Waals surface area contributed by atoms with E-state index in [4.69, 9.17) is 0 Å². The van der Waals surface area contributed by atoms with Gasteiger partial charge in [0.25, 0.3) is 5.91 Å². The van der Waals surface area contributed by atoms with Crippen LogP contribution in [0.5, 0.6) is 0 Å². The molecule has 0 aliphatic heterocycles. The van der Waals surface area contributed by atoms with Gasteiger partial charge in [-0.2, -0.15) is 0 Å². The lowest BCUT2D eigenvalue weighted by Gasteiger charge is -2.11.